The molecule has 1 aromatic rings. The summed E-state index contributed by atoms with van der Waals surface area (Å²) in [7, 11) is -3.32. The van der Waals surface area contributed by atoms with E-state index in [1.165, 1.54) is 16.4 Å². The second kappa shape index (κ2) is 7.78. The SMILES string of the molecule is Cl.O=S(=O)(CCOc1ccccc1F)N1CCNCC1. The maximum absolute atomic E-state index is 13.3. The van der Waals surface area contributed by atoms with Crippen molar-refractivity contribution in [3.8, 4) is 5.75 Å². The summed E-state index contributed by atoms with van der Waals surface area (Å²) in [6.45, 7) is 2.22. The van der Waals surface area contributed by atoms with Crippen LogP contribution in [0, 0.1) is 5.82 Å². The lowest BCUT2D eigenvalue weighted by molar-refractivity contribution is 0.313. The Balaban J connectivity index is 0.00000200. The number of nitrogens with zero attached hydrogens (tertiary/aromatic N) is 1. The van der Waals surface area contributed by atoms with Crippen molar-refractivity contribution in [2.45, 2.75) is 0 Å². The Morgan fingerprint density at radius 1 is 1.25 bits per heavy atom. The highest BCUT2D eigenvalue weighted by atomic mass is 35.5. The molecule has 114 valence electrons. The van der Waals surface area contributed by atoms with Gasteiger partial charge in [-0.2, -0.15) is 4.31 Å². The van der Waals surface area contributed by atoms with Crippen LogP contribution in [0.1, 0.15) is 0 Å². The first kappa shape index (κ1) is 17.2. The van der Waals surface area contributed by atoms with Crippen LogP contribution in [-0.2, 0) is 10.0 Å². The van der Waals surface area contributed by atoms with E-state index in [1.54, 1.807) is 12.1 Å². The number of hydrogen-bond donors (Lipinski definition) is 1. The van der Waals surface area contributed by atoms with Crippen molar-refractivity contribution in [3.05, 3.63) is 30.1 Å². The average molecular weight is 325 g/mol. The maximum atomic E-state index is 13.3. The summed E-state index contributed by atoms with van der Waals surface area (Å²) in [5, 5.41) is 3.09. The molecule has 20 heavy (non-hydrogen) atoms. The van der Waals surface area contributed by atoms with Crippen LogP contribution in [0.2, 0.25) is 0 Å². The number of rotatable bonds is 5. The van der Waals surface area contributed by atoms with E-state index < -0.39 is 15.8 Å². The van der Waals surface area contributed by atoms with Gasteiger partial charge in [0.05, 0.1) is 5.75 Å². The van der Waals surface area contributed by atoms with Gasteiger partial charge in [0, 0.05) is 26.2 Å². The predicted octanol–water partition coefficient (Wildman–Crippen LogP) is 0.861. The van der Waals surface area contributed by atoms with Gasteiger partial charge in [-0.15, -0.1) is 12.4 Å². The Labute approximate surface area is 124 Å². The standard InChI is InChI=1S/C12H17FN2O3S.ClH/c13-11-3-1-2-4-12(11)18-9-10-19(16,17)15-7-5-14-6-8-15;/h1-4,14H,5-10H2;1H. The molecule has 0 aromatic heterocycles. The highest BCUT2D eigenvalue weighted by Crippen LogP contribution is 2.15. The van der Waals surface area contributed by atoms with E-state index in [9.17, 15) is 12.8 Å². The van der Waals surface area contributed by atoms with Crippen molar-refractivity contribution in [2.75, 3.05) is 38.5 Å². The third kappa shape index (κ3) is 4.59. The van der Waals surface area contributed by atoms with Crippen LogP contribution in [0.4, 0.5) is 4.39 Å². The van der Waals surface area contributed by atoms with Gasteiger partial charge in [-0.05, 0) is 12.1 Å². The van der Waals surface area contributed by atoms with Gasteiger partial charge in [-0.25, -0.2) is 12.8 Å². The maximum Gasteiger partial charge on any atom is 0.217 e. The number of piperazine rings is 1. The minimum absolute atomic E-state index is 0. The molecule has 0 amide bonds. The number of para-hydroxylation sites is 1. The number of halogens is 2. The molecule has 5 nitrogen and oxygen atoms in total. The van der Waals surface area contributed by atoms with Gasteiger partial charge in [0.2, 0.25) is 10.0 Å². The lowest BCUT2D eigenvalue weighted by atomic mass is 10.3. The summed E-state index contributed by atoms with van der Waals surface area (Å²) in [5.41, 5.74) is 0. The van der Waals surface area contributed by atoms with Crippen molar-refractivity contribution in [2.24, 2.45) is 0 Å². The second-order valence-electron chi connectivity index (χ2n) is 4.24. The van der Waals surface area contributed by atoms with E-state index in [0.29, 0.717) is 26.2 Å². The number of sulfonamides is 1. The van der Waals surface area contributed by atoms with E-state index in [2.05, 4.69) is 5.32 Å². The van der Waals surface area contributed by atoms with Gasteiger partial charge in [0.15, 0.2) is 11.6 Å². The summed E-state index contributed by atoms with van der Waals surface area (Å²) < 4.78 is 43.8. The molecule has 1 aliphatic rings. The zero-order valence-electron chi connectivity index (χ0n) is 10.9. The first-order chi connectivity index (χ1) is 9.09. The van der Waals surface area contributed by atoms with E-state index in [1.807, 2.05) is 0 Å². The molecule has 1 aromatic carbocycles. The molecule has 1 saturated heterocycles. The smallest absolute Gasteiger partial charge is 0.217 e. The third-order valence-corrected chi connectivity index (χ3v) is 4.74. The Bertz CT molecular complexity index is 521. The molecule has 8 heteroatoms. The van der Waals surface area contributed by atoms with Crippen LogP contribution in [0.25, 0.3) is 0 Å². The van der Waals surface area contributed by atoms with Gasteiger partial charge >= 0.3 is 0 Å². The predicted molar refractivity (Wildman–Crippen MR) is 77.4 cm³/mol. The minimum atomic E-state index is -3.32. The molecule has 1 heterocycles. The number of hydrogen-bond acceptors (Lipinski definition) is 4. The number of nitrogens with one attached hydrogen (secondary N) is 1. The Morgan fingerprint density at radius 3 is 2.55 bits per heavy atom. The third-order valence-electron chi connectivity index (χ3n) is 2.90. The van der Waals surface area contributed by atoms with Crippen LogP contribution in [0.15, 0.2) is 24.3 Å². The fourth-order valence-electron chi connectivity index (χ4n) is 1.87. The summed E-state index contributed by atoms with van der Waals surface area (Å²) in [4.78, 5) is 0. The molecule has 0 aliphatic carbocycles. The van der Waals surface area contributed by atoms with E-state index in [-0.39, 0.29) is 30.5 Å². The van der Waals surface area contributed by atoms with Gasteiger partial charge in [0.25, 0.3) is 0 Å². The largest absolute Gasteiger partial charge is 0.489 e. The summed E-state index contributed by atoms with van der Waals surface area (Å²) >= 11 is 0. The van der Waals surface area contributed by atoms with Crippen molar-refractivity contribution in [3.63, 3.8) is 0 Å². The zero-order valence-corrected chi connectivity index (χ0v) is 12.6. The molecule has 1 aliphatic heterocycles. The first-order valence-corrected chi connectivity index (χ1v) is 7.76. The number of benzene rings is 1. The van der Waals surface area contributed by atoms with E-state index >= 15 is 0 Å². The second-order valence-corrected chi connectivity index (χ2v) is 6.33. The molecule has 1 N–H and O–H groups in total. The van der Waals surface area contributed by atoms with Crippen LogP contribution in [0.5, 0.6) is 5.75 Å². The Morgan fingerprint density at radius 2 is 1.90 bits per heavy atom. The lowest BCUT2D eigenvalue weighted by Gasteiger charge is -2.26. The Hall–Kier alpha value is -0.890. The van der Waals surface area contributed by atoms with Crippen molar-refractivity contribution in [1.82, 2.24) is 9.62 Å². The topological polar surface area (TPSA) is 58.6 Å². The molecule has 2 rings (SSSR count). The summed E-state index contributed by atoms with van der Waals surface area (Å²) in [6.07, 6.45) is 0. The molecule has 0 radical (unpaired) electrons. The normalized spacial score (nSPS) is 16.4. The fourth-order valence-corrected chi connectivity index (χ4v) is 3.16. The summed E-state index contributed by atoms with van der Waals surface area (Å²) in [6, 6.07) is 5.95. The molecule has 0 saturated carbocycles. The quantitative estimate of drug-likeness (QED) is 0.873. The van der Waals surface area contributed by atoms with Crippen LogP contribution in [0.3, 0.4) is 0 Å². The van der Waals surface area contributed by atoms with Gasteiger partial charge in [0.1, 0.15) is 6.61 Å². The first-order valence-electron chi connectivity index (χ1n) is 6.15. The molecule has 0 bridgehead atoms. The van der Waals surface area contributed by atoms with E-state index in [4.69, 9.17) is 4.74 Å². The molecule has 0 spiro atoms. The number of ether oxygens (including phenoxy) is 1. The van der Waals surface area contributed by atoms with Crippen molar-refractivity contribution < 1.29 is 17.5 Å². The van der Waals surface area contributed by atoms with Gasteiger partial charge < -0.3 is 10.1 Å². The molecular formula is C12H18ClFN2O3S. The zero-order chi connectivity index (χ0) is 13.7. The van der Waals surface area contributed by atoms with Crippen LogP contribution in [-0.4, -0.2) is 51.3 Å². The monoisotopic (exact) mass is 324 g/mol. The average Bonchev–Trinajstić information content (AvgIpc) is 2.42. The highest BCUT2D eigenvalue weighted by Gasteiger charge is 2.23. The molecular weight excluding hydrogens is 307 g/mol. The molecule has 0 atom stereocenters. The van der Waals surface area contributed by atoms with E-state index in [0.717, 1.165) is 0 Å². The van der Waals surface area contributed by atoms with Crippen LogP contribution < -0.4 is 10.1 Å². The van der Waals surface area contributed by atoms with Gasteiger partial charge in [-0.1, -0.05) is 12.1 Å². The molecule has 0 unspecified atom stereocenters. The Kier molecular flexibility index (Phi) is 6.67. The minimum Gasteiger partial charge on any atom is -0.489 e. The van der Waals surface area contributed by atoms with Crippen LogP contribution >= 0.6 is 12.4 Å². The van der Waals surface area contributed by atoms with Gasteiger partial charge in [-0.3, -0.25) is 0 Å². The molecule has 1 fully saturated rings. The highest BCUT2D eigenvalue weighted by molar-refractivity contribution is 7.89. The fraction of sp³-hybridized carbons (Fsp3) is 0.500. The lowest BCUT2D eigenvalue weighted by Crippen LogP contribution is -2.47. The van der Waals surface area contributed by atoms with Crippen molar-refractivity contribution >= 4 is 22.4 Å². The summed E-state index contributed by atoms with van der Waals surface area (Å²) in [5.74, 6) is -0.540. The van der Waals surface area contributed by atoms with Crippen molar-refractivity contribution in [1.29, 1.82) is 0 Å².